The molecule has 26 heavy (non-hydrogen) atoms. The highest BCUT2D eigenvalue weighted by Crippen LogP contribution is 2.32. The lowest BCUT2D eigenvalue weighted by atomic mass is 9.86. The van der Waals surface area contributed by atoms with Crippen LogP contribution < -0.4 is 0 Å². The molecule has 0 unspecified atom stereocenters. The first kappa shape index (κ1) is 18.1. The fraction of sp³-hybridized carbons (Fsp3) is 0.421. The molecule has 1 saturated heterocycles. The molecule has 0 spiro atoms. The van der Waals surface area contributed by atoms with E-state index in [-0.39, 0.29) is 18.1 Å². The number of likely N-dealkylation sites (tertiary alicyclic amines) is 1. The highest BCUT2D eigenvalue weighted by molar-refractivity contribution is 5.81. The molecule has 2 heterocycles. The summed E-state index contributed by atoms with van der Waals surface area (Å²) in [6, 6.07) is 4.39. The Morgan fingerprint density at radius 1 is 1.27 bits per heavy atom. The fourth-order valence-corrected chi connectivity index (χ4v) is 3.65. The lowest BCUT2D eigenvalue weighted by Crippen LogP contribution is -2.52. The average Bonchev–Trinajstić information content (AvgIpc) is 3.03. The van der Waals surface area contributed by atoms with Gasteiger partial charge in [0.05, 0.1) is 6.42 Å². The van der Waals surface area contributed by atoms with Gasteiger partial charge < -0.3 is 14.6 Å². The number of benzene rings is 1. The van der Waals surface area contributed by atoms with Crippen LogP contribution in [-0.4, -0.2) is 44.5 Å². The van der Waals surface area contributed by atoms with E-state index < -0.39 is 11.5 Å². The molecule has 138 valence electrons. The van der Waals surface area contributed by atoms with Crippen LogP contribution in [-0.2, 0) is 21.5 Å². The molecular weight excluding hydrogens is 337 g/mol. The second kappa shape index (κ2) is 6.90. The van der Waals surface area contributed by atoms with Gasteiger partial charge in [-0.25, -0.2) is 14.2 Å². The molecule has 0 bridgehead atoms. The number of aliphatic carboxylic acids is 1. The molecule has 1 aromatic carbocycles. The molecule has 1 aromatic heterocycles. The average molecular weight is 359 g/mol. The van der Waals surface area contributed by atoms with Crippen molar-refractivity contribution >= 4 is 11.9 Å². The van der Waals surface area contributed by atoms with Crippen molar-refractivity contribution in [3.8, 4) is 0 Å². The predicted molar refractivity (Wildman–Crippen MR) is 93.2 cm³/mol. The van der Waals surface area contributed by atoms with Gasteiger partial charge >= 0.3 is 5.97 Å². The molecule has 1 N–H and O–H groups in total. The van der Waals surface area contributed by atoms with Gasteiger partial charge in [-0.15, -0.1) is 0 Å². The Morgan fingerprint density at radius 2 is 1.96 bits per heavy atom. The van der Waals surface area contributed by atoms with Crippen molar-refractivity contribution in [3.05, 3.63) is 53.4 Å². The molecule has 0 atom stereocenters. The number of amides is 1. The molecule has 1 fully saturated rings. The van der Waals surface area contributed by atoms with Crippen molar-refractivity contribution in [2.45, 2.75) is 38.6 Å². The number of imidazole rings is 1. The molecule has 7 heteroatoms. The van der Waals surface area contributed by atoms with Gasteiger partial charge in [0.25, 0.3) is 0 Å². The maximum atomic E-state index is 13.2. The molecule has 3 rings (SSSR count). The molecule has 1 amide bonds. The van der Waals surface area contributed by atoms with Gasteiger partial charge in [-0.2, -0.15) is 0 Å². The van der Waals surface area contributed by atoms with Crippen molar-refractivity contribution in [2.75, 3.05) is 13.1 Å². The normalized spacial score (nSPS) is 16.5. The monoisotopic (exact) mass is 359 g/mol. The zero-order valence-corrected chi connectivity index (χ0v) is 14.9. The number of aryl methyl sites for hydroxylation is 2. The molecule has 6 nitrogen and oxygen atoms in total. The number of hydrogen-bond donors (Lipinski definition) is 1. The number of rotatable bonds is 4. The van der Waals surface area contributed by atoms with E-state index in [1.165, 1.54) is 12.1 Å². The van der Waals surface area contributed by atoms with E-state index in [2.05, 4.69) is 4.98 Å². The summed E-state index contributed by atoms with van der Waals surface area (Å²) in [7, 11) is 0. The topological polar surface area (TPSA) is 75.4 Å². The van der Waals surface area contributed by atoms with Crippen molar-refractivity contribution in [3.63, 3.8) is 0 Å². The number of carbonyl (C=O) groups excluding carboxylic acids is 1. The van der Waals surface area contributed by atoms with E-state index in [1.54, 1.807) is 41.8 Å². The van der Waals surface area contributed by atoms with Gasteiger partial charge in [0.15, 0.2) is 0 Å². The van der Waals surface area contributed by atoms with Crippen molar-refractivity contribution in [2.24, 2.45) is 0 Å². The zero-order valence-electron chi connectivity index (χ0n) is 14.9. The largest absolute Gasteiger partial charge is 0.479 e. The second-order valence-corrected chi connectivity index (χ2v) is 6.81. The number of hydrogen-bond acceptors (Lipinski definition) is 3. The van der Waals surface area contributed by atoms with Crippen LogP contribution in [0.2, 0.25) is 0 Å². The number of aromatic nitrogens is 2. The predicted octanol–water partition coefficient (Wildman–Crippen LogP) is 2.28. The van der Waals surface area contributed by atoms with Gasteiger partial charge in [0.1, 0.15) is 17.2 Å². The molecule has 2 aromatic rings. The third kappa shape index (κ3) is 3.21. The molecule has 1 aliphatic rings. The van der Waals surface area contributed by atoms with Crippen molar-refractivity contribution < 1.29 is 19.1 Å². The van der Waals surface area contributed by atoms with Crippen molar-refractivity contribution in [1.82, 2.24) is 14.5 Å². The number of piperidine rings is 1. The van der Waals surface area contributed by atoms with Gasteiger partial charge in [-0.05, 0) is 49.9 Å². The first-order chi connectivity index (χ1) is 12.3. The first-order valence-corrected chi connectivity index (χ1v) is 8.60. The molecule has 0 radical (unpaired) electrons. The van der Waals surface area contributed by atoms with E-state index in [0.29, 0.717) is 31.8 Å². The lowest BCUT2D eigenvalue weighted by Gasteiger charge is -2.40. The number of carbonyl (C=O) groups is 2. The highest BCUT2D eigenvalue weighted by atomic mass is 19.1. The van der Waals surface area contributed by atoms with E-state index in [0.717, 1.165) is 11.1 Å². The van der Waals surface area contributed by atoms with Crippen LogP contribution in [0.3, 0.4) is 0 Å². The van der Waals surface area contributed by atoms with Gasteiger partial charge in [0.2, 0.25) is 5.91 Å². The maximum Gasteiger partial charge on any atom is 0.330 e. The Hall–Kier alpha value is -2.70. The minimum absolute atomic E-state index is 0.0685. The van der Waals surface area contributed by atoms with E-state index in [1.807, 2.05) is 0 Å². The lowest BCUT2D eigenvalue weighted by molar-refractivity contribution is -0.152. The summed E-state index contributed by atoms with van der Waals surface area (Å²) in [5, 5.41) is 9.82. The van der Waals surface area contributed by atoms with Crippen LogP contribution in [0.25, 0.3) is 0 Å². The third-order valence-electron chi connectivity index (χ3n) is 5.27. The number of carboxylic acid groups (broad SMARTS) is 1. The van der Waals surface area contributed by atoms with Crippen LogP contribution in [0.5, 0.6) is 0 Å². The first-order valence-electron chi connectivity index (χ1n) is 8.60. The highest BCUT2D eigenvalue weighted by Gasteiger charge is 2.44. The summed E-state index contributed by atoms with van der Waals surface area (Å²) < 4.78 is 14.9. The minimum Gasteiger partial charge on any atom is -0.479 e. The summed E-state index contributed by atoms with van der Waals surface area (Å²) in [5.41, 5.74) is 0.463. The van der Waals surface area contributed by atoms with Gasteiger partial charge in [0, 0.05) is 25.5 Å². The number of carboxylic acids is 1. The summed E-state index contributed by atoms with van der Waals surface area (Å²) in [6.07, 6.45) is 4.12. The Kier molecular flexibility index (Phi) is 4.80. The van der Waals surface area contributed by atoms with Gasteiger partial charge in [-0.1, -0.05) is 6.07 Å². The van der Waals surface area contributed by atoms with Crippen molar-refractivity contribution in [1.29, 1.82) is 0 Å². The van der Waals surface area contributed by atoms with Crippen LogP contribution >= 0.6 is 0 Å². The summed E-state index contributed by atoms with van der Waals surface area (Å²) in [5.74, 6) is -0.645. The zero-order chi connectivity index (χ0) is 18.9. The molecular formula is C19H22FN3O3. The Morgan fingerprint density at radius 3 is 2.50 bits per heavy atom. The second-order valence-electron chi connectivity index (χ2n) is 6.81. The number of nitrogens with zero attached hydrogens (tertiary/aromatic N) is 3. The Balaban J connectivity index is 1.72. The smallest absolute Gasteiger partial charge is 0.330 e. The van der Waals surface area contributed by atoms with E-state index in [4.69, 9.17) is 0 Å². The van der Waals surface area contributed by atoms with Crippen LogP contribution in [0.1, 0.15) is 29.8 Å². The van der Waals surface area contributed by atoms with Crippen LogP contribution in [0, 0.1) is 19.7 Å². The maximum absolute atomic E-state index is 13.2. The number of halogens is 1. The summed E-state index contributed by atoms with van der Waals surface area (Å²) in [4.78, 5) is 30.4. The van der Waals surface area contributed by atoms with Gasteiger partial charge in [-0.3, -0.25) is 4.79 Å². The van der Waals surface area contributed by atoms with E-state index in [9.17, 15) is 19.1 Å². The third-order valence-corrected chi connectivity index (χ3v) is 5.27. The Bertz CT molecular complexity index is 838. The quantitative estimate of drug-likeness (QED) is 0.909. The van der Waals surface area contributed by atoms with E-state index >= 15 is 0 Å². The summed E-state index contributed by atoms with van der Waals surface area (Å²) in [6.45, 7) is 4.28. The fourth-order valence-electron chi connectivity index (χ4n) is 3.65. The minimum atomic E-state index is -1.07. The van der Waals surface area contributed by atoms with Crippen LogP contribution in [0.4, 0.5) is 4.39 Å². The molecule has 1 aliphatic heterocycles. The SMILES string of the molecule is Cc1cc(F)ccc1CC(=O)N1CCC(C(=O)O)(n2ccnc2C)CC1. The standard InChI is InChI=1S/C19H22FN3O3/c1-13-11-16(20)4-3-15(13)12-17(24)22-8-5-19(6-9-22,18(25)26)23-10-7-21-14(23)2/h3-4,7,10-11H,5-6,8-9,12H2,1-2H3,(H,25,26). The Labute approximate surface area is 151 Å². The molecule has 0 aliphatic carbocycles. The molecule has 0 saturated carbocycles. The summed E-state index contributed by atoms with van der Waals surface area (Å²) >= 11 is 0. The van der Waals surface area contributed by atoms with Crippen LogP contribution in [0.15, 0.2) is 30.6 Å².